The minimum absolute atomic E-state index is 0.183. The van der Waals surface area contributed by atoms with E-state index in [-0.39, 0.29) is 12.6 Å². The van der Waals surface area contributed by atoms with Gasteiger partial charge < -0.3 is 18.9 Å². The highest BCUT2D eigenvalue weighted by Crippen LogP contribution is 2.60. The predicted molar refractivity (Wildman–Crippen MR) is 161 cm³/mol. The molecule has 0 aliphatic heterocycles. The molecule has 2 aromatic carbocycles. The number of ether oxygens (including phenoxy) is 4. The van der Waals surface area contributed by atoms with Crippen LogP contribution in [0.3, 0.4) is 0 Å². The first kappa shape index (κ1) is 29.4. The highest BCUT2D eigenvalue weighted by molar-refractivity contribution is 5.48. The molecule has 2 unspecified atom stereocenters. The van der Waals surface area contributed by atoms with Gasteiger partial charge in [0.05, 0.1) is 13.2 Å². The van der Waals surface area contributed by atoms with Gasteiger partial charge in [0, 0.05) is 0 Å². The fourth-order valence-electron chi connectivity index (χ4n) is 6.91. The molecule has 2 atom stereocenters. The van der Waals surface area contributed by atoms with Crippen molar-refractivity contribution < 1.29 is 18.9 Å². The van der Waals surface area contributed by atoms with Gasteiger partial charge in [-0.25, -0.2) is 0 Å². The molecule has 4 saturated carbocycles. The van der Waals surface area contributed by atoms with Crippen molar-refractivity contribution in [2.45, 2.75) is 78.8 Å². The van der Waals surface area contributed by atoms with Crippen LogP contribution in [-0.4, -0.2) is 25.8 Å². The summed E-state index contributed by atoms with van der Waals surface area (Å²) in [6, 6.07) is 15.8. The average molecular weight is 533 g/mol. The van der Waals surface area contributed by atoms with Crippen molar-refractivity contribution in [2.75, 3.05) is 13.2 Å². The molecule has 2 aromatic rings. The summed E-state index contributed by atoms with van der Waals surface area (Å²) in [5.41, 5.74) is 2.65. The Morgan fingerprint density at radius 3 is 1.49 bits per heavy atom. The van der Waals surface area contributed by atoms with E-state index in [0.29, 0.717) is 17.9 Å². The number of hydrogen-bond donors (Lipinski definition) is 0. The van der Waals surface area contributed by atoms with Crippen LogP contribution in [0.5, 0.6) is 11.5 Å². The lowest BCUT2D eigenvalue weighted by molar-refractivity contribution is -0.146. The molecule has 0 saturated heterocycles. The van der Waals surface area contributed by atoms with Crippen molar-refractivity contribution in [2.24, 2.45) is 29.1 Å². The first-order chi connectivity index (χ1) is 18.8. The second-order valence-corrected chi connectivity index (χ2v) is 12.4. The lowest BCUT2D eigenvalue weighted by Gasteiger charge is -2.56. The Hall–Kier alpha value is -2.56. The molecule has 0 heterocycles. The molecule has 0 spiro atoms. The standard InChI is InChI=1S/C21H28O2.C14H20O2/c1-3-16-4-6-20(7-5-16)23-15(2)22-14-21-11-17-8-18(12-21)10-19(9-17)13-21;1-5-13-6-8-14(9-7-13)16-12(4)15-10-11(2)3/h3-7,15,17-19H,1,8-14H2,2H3;5-9,11-12H,1,10H2,2-4H3. The van der Waals surface area contributed by atoms with Crippen molar-refractivity contribution in [3.05, 3.63) is 72.8 Å². The summed E-state index contributed by atoms with van der Waals surface area (Å²) in [4.78, 5) is 0. The van der Waals surface area contributed by atoms with E-state index >= 15 is 0 Å². The summed E-state index contributed by atoms with van der Waals surface area (Å²) < 4.78 is 23.2. The maximum atomic E-state index is 6.14. The van der Waals surface area contributed by atoms with Crippen LogP contribution in [0.2, 0.25) is 0 Å². The second kappa shape index (κ2) is 13.7. The van der Waals surface area contributed by atoms with Crippen LogP contribution < -0.4 is 9.47 Å². The van der Waals surface area contributed by atoms with Crippen LogP contribution in [0, 0.1) is 29.1 Å². The molecule has 0 amide bonds. The molecule has 6 rings (SSSR count). The lowest BCUT2D eigenvalue weighted by atomic mass is 9.50. The van der Waals surface area contributed by atoms with Crippen molar-refractivity contribution in [1.82, 2.24) is 0 Å². The summed E-state index contributed by atoms with van der Waals surface area (Å²) in [5.74, 6) is 5.15. The summed E-state index contributed by atoms with van der Waals surface area (Å²) in [6.07, 6.45) is 11.9. The largest absolute Gasteiger partial charge is 0.465 e. The third-order valence-electron chi connectivity index (χ3n) is 8.29. The Kier molecular flexibility index (Phi) is 10.3. The quantitative estimate of drug-likeness (QED) is 0.256. The van der Waals surface area contributed by atoms with Gasteiger partial charge in [0.15, 0.2) is 12.6 Å². The summed E-state index contributed by atoms with van der Waals surface area (Å²) >= 11 is 0. The molecule has 4 heteroatoms. The Balaban J connectivity index is 0.000000195. The van der Waals surface area contributed by atoms with Gasteiger partial charge in [-0.2, -0.15) is 0 Å². The smallest absolute Gasteiger partial charge is 0.196 e. The van der Waals surface area contributed by atoms with E-state index < -0.39 is 0 Å². The molecule has 4 aliphatic carbocycles. The minimum Gasteiger partial charge on any atom is -0.465 e. The van der Waals surface area contributed by atoms with Gasteiger partial charge in [-0.15, -0.1) is 0 Å². The van der Waals surface area contributed by atoms with Crippen molar-refractivity contribution in [3.8, 4) is 11.5 Å². The molecule has 4 bridgehead atoms. The predicted octanol–water partition coefficient (Wildman–Crippen LogP) is 9.01. The molecular formula is C35H48O4. The Bertz CT molecular complexity index is 1000. The fraction of sp³-hybridized carbons (Fsp3) is 0.543. The third kappa shape index (κ3) is 8.71. The lowest BCUT2D eigenvalue weighted by Crippen LogP contribution is -2.48. The van der Waals surface area contributed by atoms with E-state index in [4.69, 9.17) is 18.9 Å². The highest BCUT2D eigenvalue weighted by atomic mass is 16.7. The topological polar surface area (TPSA) is 36.9 Å². The molecule has 212 valence electrons. The highest BCUT2D eigenvalue weighted by Gasteiger charge is 2.51. The van der Waals surface area contributed by atoms with Gasteiger partial charge >= 0.3 is 0 Å². The molecule has 4 fully saturated rings. The summed E-state index contributed by atoms with van der Waals surface area (Å²) in [5, 5.41) is 0. The van der Waals surface area contributed by atoms with Gasteiger partial charge in [0.25, 0.3) is 0 Å². The van der Waals surface area contributed by atoms with Crippen LogP contribution >= 0.6 is 0 Å². The fourth-order valence-corrected chi connectivity index (χ4v) is 6.91. The third-order valence-corrected chi connectivity index (χ3v) is 8.29. The van der Waals surface area contributed by atoms with Crippen LogP contribution in [-0.2, 0) is 9.47 Å². The van der Waals surface area contributed by atoms with E-state index in [1.54, 1.807) is 0 Å². The van der Waals surface area contributed by atoms with Crippen LogP contribution in [0.25, 0.3) is 12.2 Å². The van der Waals surface area contributed by atoms with E-state index in [1.807, 2.05) is 74.5 Å². The minimum atomic E-state index is -0.211. The van der Waals surface area contributed by atoms with E-state index in [2.05, 4.69) is 27.0 Å². The Morgan fingerprint density at radius 2 is 1.10 bits per heavy atom. The zero-order valence-corrected chi connectivity index (χ0v) is 24.4. The van der Waals surface area contributed by atoms with Gasteiger partial charge in [-0.1, -0.05) is 63.4 Å². The first-order valence-corrected chi connectivity index (χ1v) is 14.8. The molecule has 0 N–H and O–H groups in total. The zero-order chi connectivity index (χ0) is 27.8. The summed E-state index contributed by atoms with van der Waals surface area (Å²) in [7, 11) is 0. The van der Waals surface area contributed by atoms with Crippen molar-refractivity contribution in [3.63, 3.8) is 0 Å². The van der Waals surface area contributed by atoms with Gasteiger partial charge in [-0.3, -0.25) is 0 Å². The molecule has 0 aromatic heterocycles. The SMILES string of the molecule is C=Cc1ccc(OC(C)OCC(C)C)cc1.C=Cc1ccc(OC(C)OCC23CC4CC(CC(C4)C2)C3)cc1. The van der Waals surface area contributed by atoms with Gasteiger partial charge in [0.1, 0.15) is 11.5 Å². The number of rotatable bonds is 12. The van der Waals surface area contributed by atoms with E-state index in [1.165, 1.54) is 38.5 Å². The van der Waals surface area contributed by atoms with Crippen LogP contribution in [0.15, 0.2) is 61.7 Å². The average Bonchev–Trinajstić information content (AvgIpc) is 2.91. The molecule has 4 aliphatic rings. The first-order valence-electron chi connectivity index (χ1n) is 14.8. The maximum Gasteiger partial charge on any atom is 0.196 e. The van der Waals surface area contributed by atoms with Gasteiger partial charge in [-0.05, 0) is 117 Å². The van der Waals surface area contributed by atoms with Crippen LogP contribution in [0.4, 0.5) is 0 Å². The number of benzene rings is 2. The second-order valence-electron chi connectivity index (χ2n) is 12.4. The molecule has 0 radical (unpaired) electrons. The van der Waals surface area contributed by atoms with Crippen LogP contribution in [0.1, 0.15) is 77.3 Å². The van der Waals surface area contributed by atoms with Crippen molar-refractivity contribution in [1.29, 1.82) is 0 Å². The normalized spacial score (nSPS) is 26.3. The monoisotopic (exact) mass is 532 g/mol. The zero-order valence-electron chi connectivity index (χ0n) is 24.4. The Labute approximate surface area is 236 Å². The number of hydrogen-bond acceptors (Lipinski definition) is 4. The van der Waals surface area contributed by atoms with E-state index in [9.17, 15) is 0 Å². The maximum absolute atomic E-state index is 6.14. The summed E-state index contributed by atoms with van der Waals surface area (Å²) in [6.45, 7) is 17.2. The van der Waals surface area contributed by atoms with E-state index in [0.717, 1.165) is 47.0 Å². The molecule has 39 heavy (non-hydrogen) atoms. The van der Waals surface area contributed by atoms with Gasteiger partial charge in [0.2, 0.25) is 0 Å². The van der Waals surface area contributed by atoms with Crippen molar-refractivity contribution >= 4 is 12.2 Å². The molecule has 4 nitrogen and oxygen atoms in total. The Morgan fingerprint density at radius 1 is 0.692 bits per heavy atom. The molecular weight excluding hydrogens is 484 g/mol.